The molecule has 2 aromatic rings. The first-order chi connectivity index (χ1) is 14.2. The second-order valence-electron chi connectivity index (χ2n) is 6.65. The molecule has 0 bridgehead atoms. The van der Waals surface area contributed by atoms with E-state index in [1.807, 2.05) is 30.0 Å². The summed E-state index contributed by atoms with van der Waals surface area (Å²) in [6, 6.07) is 13.3. The Morgan fingerprint density at radius 1 is 1.03 bits per heavy atom. The van der Waals surface area contributed by atoms with Gasteiger partial charge in [0.2, 0.25) is 0 Å². The van der Waals surface area contributed by atoms with Gasteiger partial charge in [0.25, 0.3) is 5.91 Å². The lowest BCUT2D eigenvalue weighted by molar-refractivity contribution is 0.0746. The summed E-state index contributed by atoms with van der Waals surface area (Å²) in [5.41, 5.74) is 1.67. The van der Waals surface area contributed by atoms with Gasteiger partial charge in [-0.3, -0.25) is 4.79 Å². The Balaban J connectivity index is 1.66. The molecule has 6 nitrogen and oxygen atoms in total. The number of nitrogens with zero attached hydrogens (tertiary/aromatic N) is 2. The average molecular weight is 396 g/mol. The summed E-state index contributed by atoms with van der Waals surface area (Å²) >= 11 is 0. The lowest BCUT2D eigenvalue weighted by atomic mass is 10.1. The molecule has 1 amide bonds. The van der Waals surface area contributed by atoms with Crippen molar-refractivity contribution in [2.24, 2.45) is 0 Å². The SMILES string of the molecule is C=CCOc1ccc(C(=O)N2CCN(c3ccccc3OCC)CC2)cc1OC. The van der Waals surface area contributed by atoms with Crippen molar-refractivity contribution in [1.82, 2.24) is 4.90 Å². The molecule has 0 radical (unpaired) electrons. The zero-order valence-electron chi connectivity index (χ0n) is 17.1. The fraction of sp³-hybridized carbons (Fsp3) is 0.348. The normalized spacial score (nSPS) is 13.7. The first-order valence-electron chi connectivity index (χ1n) is 9.85. The number of anilines is 1. The number of rotatable bonds is 8. The number of amides is 1. The van der Waals surface area contributed by atoms with E-state index < -0.39 is 0 Å². The summed E-state index contributed by atoms with van der Waals surface area (Å²) in [6.45, 7) is 9.45. The Kier molecular flexibility index (Phi) is 7.00. The van der Waals surface area contributed by atoms with E-state index in [1.165, 1.54) is 0 Å². The Morgan fingerprint density at radius 3 is 2.48 bits per heavy atom. The lowest BCUT2D eigenvalue weighted by Crippen LogP contribution is -2.48. The van der Waals surface area contributed by atoms with Crippen LogP contribution in [0.25, 0.3) is 0 Å². The second kappa shape index (κ2) is 9.87. The molecule has 0 aliphatic carbocycles. The minimum atomic E-state index is -0.00341. The Bertz CT molecular complexity index is 845. The molecule has 2 aromatic carbocycles. The van der Waals surface area contributed by atoms with Gasteiger partial charge in [-0.05, 0) is 37.3 Å². The molecule has 0 aromatic heterocycles. The lowest BCUT2D eigenvalue weighted by Gasteiger charge is -2.36. The van der Waals surface area contributed by atoms with Gasteiger partial charge in [0.15, 0.2) is 11.5 Å². The maximum atomic E-state index is 13.0. The van der Waals surface area contributed by atoms with Gasteiger partial charge in [0.05, 0.1) is 19.4 Å². The van der Waals surface area contributed by atoms with E-state index in [-0.39, 0.29) is 5.91 Å². The third kappa shape index (κ3) is 4.83. The monoisotopic (exact) mass is 396 g/mol. The number of benzene rings is 2. The minimum absolute atomic E-state index is 0.00341. The van der Waals surface area contributed by atoms with Gasteiger partial charge in [-0.1, -0.05) is 24.8 Å². The van der Waals surface area contributed by atoms with Crippen molar-refractivity contribution in [2.45, 2.75) is 6.92 Å². The zero-order chi connectivity index (χ0) is 20.6. The largest absolute Gasteiger partial charge is 0.493 e. The smallest absolute Gasteiger partial charge is 0.254 e. The van der Waals surface area contributed by atoms with Gasteiger partial charge in [-0.2, -0.15) is 0 Å². The van der Waals surface area contributed by atoms with Crippen molar-refractivity contribution in [3.05, 3.63) is 60.7 Å². The number of methoxy groups -OCH3 is 1. The topological polar surface area (TPSA) is 51.2 Å². The van der Waals surface area contributed by atoms with Crippen LogP contribution in [-0.4, -0.2) is 57.3 Å². The second-order valence-corrected chi connectivity index (χ2v) is 6.65. The Morgan fingerprint density at radius 2 is 1.79 bits per heavy atom. The maximum Gasteiger partial charge on any atom is 0.254 e. The van der Waals surface area contributed by atoms with E-state index in [1.54, 1.807) is 31.4 Å². The number of hydrogen-bond acceptors (Lipinski definition) is 5. The summed E-state index contributed by atoms with van der Waals surface area (Å²) < 4.78 is 16.7. The van der Waals surface area contributed by atoms with Crippen LogP contribution in [0.2, 0.25) is 0 Å². The van der Waals surface area contributed by atoms with Crippen LogP contribution < -0.4 is 19.1 Å². The van der Waals surface area contributed by atoms with E-state index in [9.17, 15) is 4.79 Å². The molecule has 1 fully saturated rings. The molecule has 0 unspecified atom stereocenters. The first kappa shape index (κ1) is 20.6. The summed E-state index contributed by atoms with van der Waals surface area (Å²) in [5.74, 6) is 2.02. The minimum Gasteiger partial charge on any atom is -0.493 e. The Hall–Kier alpha value is -3.15. The molecule has 1 aliphatic heterocycles. The number of para-hydroxylation sites is 2. The van der Waals surface area contributed by atoms with Crippen LogP contribution >= 0.6 is 0 Å². The zero-order valence-corrected chi connectivity index (χ0v) is 17.1. The van der Waals surface area contributed by atoms with Crippen molar-refractivity contribution >= 4 is 11.6 Å². The molecular weight excluding hydrogens is 368 g/mol. The number of piperazine rings is 1. The summed E-state index contributed by atoms with van der Waals surface area (Å²) in [7, 11) is 1.57. The molecule has 29 heavy (non-hydrogen) atoms. The number of carbonyl (C=O) groups is 1. The van der Waals surface area contributed by atoms with Crippen LogP contribution in [0.1, 0.15) is 17.3 Å². The van der Waals surface area contributed by atoms with Gasteiger partial charge in [-0.15, -0.1) is 0 Å². The van der Waals surface area contributed by atoms with Crippen LogP contribution in [0.3, 0.4) is 0 Å². The standard InChI is InChI=1S/C23H28N2O4/c1-4-16-29-21-11-10-18(17-22(21)27-3)23(26)25-14-12-24(13-15-25)19-8-6-7-9-20(19)28-5-2/h4,6-11,17H,1,5,12-16H2,2-3H3. The third-order valence-corrected chi connectivity index (χ3v) is 4.84. The predicted octanol–water partition coefficient (Wildman–Crippen LogP) is 3.62. The maximum absolute atomic E-state index is 13.0. The highest BCUT2D eigenvalue weighted by Crippen LogP contribution is 2.30. The highest BCUT2D eigenvalue weighted by molar-refractivity contribution is 5.95. The predicted molar refractivity (Wildman–Crippen MR) is 114 cm³/mol. The van der Waals surface area contributed by atoms with Crippen molar-refractivity contribution in [2.75, 3.05) is 51.4 Å². The van der Waals surface area contributed by atoms with Crippen LogP contribution in [0.15, 0.2) is 55.1 Å². The molecule has 0 atom stereocenters. The van der Waals surface area contributed by atoms with Crippen molar-refractivity contribution in [3.63, 3.8) is 0 Å². The van der Waals surface area contributed by atoms with E-state index in [2.05, 4.69) is 17.5 Å². The first-order valence-corrected chi connectivity index (χ1v) is 9.85. The molecule has 154 valence electrons. The Labute approximate surface area is 172 Å². The van der Waals surface area contributed by atoms with E-state index in [4.69, 9.17) is 14.2 Å². The fourth-order valence-electron chi connectivity index (χ4n) is 3.40. The van der Waals surface area contributed by atoms with Crippen molar-refractivity contribution < 1.29 is 19.0 Å². The van der Waals surface area contributed by atoms with Crippen LogP contribution in [0.5, 0.6) is 17.2 Å². The third-order valence-electron chi connectivity index (χ3n) is 4.84. The fourth-order valence-corrected chi connectivity index (χ4v) is 3.40. The molecule has 6 heteroatoms. The molecule has 0 saturated carbocycles. The van der Waals surface area contributed by atoms with Crippen LogP contribution in [0, 0.1) is 0 Å². The highest BCUT2D eigenvalue weighted by atomic mass is 16.5. The van der Waals surface area contributed by atoms with Crippen LogP contribution in [-0.2, 0) is 0 Å². The van der Waals surface area contributed by atoms with Gasteiger partial charge in [0, 0.05) is 31.7 Å². The molecule has 1 heterocycles. The molecule has 1 aliphatic rings. The van der Waals surface area contributed by atoms with Crippen molar-refractivity contribution in [1.29, 1.82) is 0 Å². The summed E-state index contributed by atoms with van der Waals surface area (Å²) in [4.78, 5) is 17.1. The van der Waals surface area contributed by atoms with E-state index in [0.29, 0.717) is 43.4 Å². The number of hydrogen-bond donors (Lipinski definition) is 0. The number of ether oxygens (including phenoxy) is 3. The molecule has 0 N–H and O–H groups in total. The van der Waals surface area contributed by atoms with Crippen LogP contribution in [0.4, 0.5) is 5.69 Å². The number of carbonyl (C=O) groups excluding carboxylic acids is 1. The highest BCUT2D eigenvalue weighted by Gasteiger charge is 2.24. The van der Waals surface area contributed by atoms with E-state index in [0.717, 1.165) is 24.5 Å². The summed E-state index contributed by atoms with van der Waals surface area (Å²) in [6.07, 6.45) is 1.67. The van der Waals surface area contributed by atoms with E-state index >= 15 is 0 Å². The van der Waals surface area contributed by atoms with Gasteiger partial charge >= 0.3 is 0 Å². The average Bonchev–Trinajstić information content (AvgIpc) is 2.78. The van der Waals surface area contributed by atoms with Gasteiger partial charge in [-0.25, -0.2) is 0 Å². The molecule has 1 saturated heterocycles. The van der Waals surface area contributed by atoms with Gasteiger partial charge < -0.3 is 24.0 Å². The van der Waals surface area contributed by atoms with Gasteiger partial charge in [0.1, 0.15) is 12.4 Å². The van der Waals surface area contributed by atoms with Crippen molar-refractivity contribution in [3.8, 4) is 17.2 Å². The molecular formula is C23H28N2O4. The molecule has 3 rings (SSSR count). The quantitative estimate of drug-likeness (QED) is 0.638. The summed E-state index contributed by atoms with van der Waals surface area (Å²) in [5, 5.41) is 0. The molecule has 0 spiro atoms.